The number of esters is 1. The van der Waals surface area contributed by atoms with Crippen molar-refractivity contribution in [1.29, 1.82) is 0 Å². The lowest BCUT2D eigenvalue weighted by Crippen LogP contribution is -2.50. The molecule has 2 fully saturated rings. The molecule has 9 atom stereocenters. The number of piperidine rings is 1. The van der Waals surface area contributed by atoms with Gasteiger partial charge in [0.05, 0.1) is 46.9 Å². The van der Waals surface area contributed by atoms with Gasteiger partial charge in [-0.15, -0.1) is 0 Å². The van der Waals surface area contributed by atoms with Crippen LogP contribution in [0.2, 0.25) is 0 Å². The number of anilines is 1. The molecule has 0 radical (unpaired) electrons. The molecule has 1 unspecified atom stereocenters. The van der Waals surface area contributed by atoms with Crippen molar-refractivity contribution >= 4 is 40.0 Å². The molecule has 438 valence electrons. The number of fused-ring (bicyclic) bond motifs is 13. The highest BCUT2D eigenvalue weighted by molar-refractivity contribution is 6.19. The minimum atomic E-state index is -2.03. The molecule has 0 aliphatic carbocycles. The van der Waals surface area contributed by atoms with Crippen molar-refractivity contribution in [3.63, 3.8) is 0 Å². The second-order valence-electron chi connectivity index (χ2n) is 23.7. The van der Waals surface area contributed by atoms with Crippen LogP contribution in [-0.2, 0) is 28.6 Å². The number of nitrogens with zero attached hydrogens (tertiary/aromatic N) is 5. The maximum atomic E-state index is 15.1. The Kier molecular flexibility index (Phi) is 17.8. The zero-order valence-corrected chi connectivity index (χ0v) is 48.8. The summed E-state index contributed by atoms with van der Waals surface area (Å²) in [6.45, 7) is 20.0. The fraction of sp³-hybridized carbons (Fsp3) is 0.500. The number of phenols is 2. The molecule has 5 N–H and O–H groups in total. The number of phenolic OH excluding ortho intramolecular Hbond substituents is 2. The van der Waals surface area contributed by atoms with Gasteiger partial charge in [-0.25, -0.2) is 0 Å². The summed E-state index contributed by atoms with van der Waals surface area (Å²) in [5.41, 5.74) is 1.56. The van der Waals surface area contributed by atoms with Gasteiger partial charge in [0.2, 0.25) is 5.91 Å². The molecule has 6 aliphatic rings. The molecule has 1 spiro atoms. The maximum absolute atomic E-state index is 15.1. The number of methoxy groups -OCH3 is 1. The van der Waals surface area contributed by atoms with E-state index in [0.29, 0.717) is 58.0 Å². The van der Waals surface area contributed by atoms with E-state index >= 15 is 4.79 Å². The van der Waals surface area contributed by atoms with E-state index in [0.717, 1.165) is 17.7 Å². The maximum Gasteiger partial charge on any atom is 0.315 e. The van der Waals surface area contributed by atoms with Gasteiger partial charge in [-0.2, -0.15) is 0 Å². The van der Waals surface area contributed by atoms with Crippen molar-refractivity contribution in [3.05, 3.63) is 130 Å². The van der Waals surface area contributed by atoms with Gasteiger partial charge < -0.3 is 54.5 Å². The third-order valence-electron chi connectivity index (χ3n) is 17.4. The number of ether oxygens (including phenoxy) is 4. The Bertz CT molecular complexity index is 3240. The Morgan fingerprint density at radius 3 is 2.04 bits per heavy atom. The normalized spacial score (nSPS) is 28.7. The van der Waals surface area contributed by atoms with Gasteiger partial charge in [-0.05, 0) is 37.0 Å². The lowest BCUT2D eigenvalue weighted by atomic mass is 9.78. The second-order valence-corrected chi connectivity index (χ2v) is 23.7. The number of hydrogen-bond acceptors (Lipinski definition) is 16. The number of allylic oxidation sites excluding steroid dienone is 2. The average molecular weight is 1130 g/mol. The molecular weight excluding hydrogens is 1040 g/mol. The number of aromatic hydroxyl groups is 2. The Hall–Kier alpha value is -6.96. The van der Waals surface area contributed by atoms with Gasteiger partial charge in [-0.3, -0.25) is 34.1 Å². The van der Waals surface area contributed by atoms with Crippen LogP contribution in [-0.4, -0.2) is 147 Å². The first-order valence-electron chi connectivity index (χ1n) is 28.8. The number of hydrogen-bond donors (Lipinski definition) is 5. The topological polar surface area (TPSA) is 233 Å². The molecule has 6 heterocycles. The van der Waals surface area contributed by atoms with Crippen molar-refractivity contribution in [1.82, 2.24) is 14.7 Å². The zero-order chi connectivity index (χ0) is 58.9. The molecule has 18 heteroatoms. The van der Waals surface area contributed by atoms with Crippen molar-refractivity contribution in [2.75, 3.05) is 58.2 Å². The van der Waals surface area contributed by atoms with Crippen molar-refractivity contribution in [2.45, 2.75) is 123 Å². The van der Waals surface area contributed by atoms with E-state index in [1.165, 1.54) is 26.4 Å². The summed E-state index contributed by atoms with van der Waals surface area (Å²) in [6, 6.07) is 20.4. The summed E-state index contributed by atoms with van der Waals surface area (Å²) in [6.07, 6.45) is 3.77. The fourth-order valence-corrected chi connectivity index (χ4v) is 12.6. The summed E-state index contributed by atoms with van der Waals surface area (Å²) in [5.74, 6) is -7.85. The molecule has 4 aromatic rings. The molecule has 10 rings (SSSR count). The van der Waals surface area contributed by atoms with Gasteiger partial charge >= 0.3 is 11.8 Å². The van der Waals surface area contributed by atoms with Gasteiger partial charge in [-0.1, -0.05) is 120 Å². The molecule has 18 nitrogen and oxygen atoms in total. The Balaban J connectivity index is 1.02. The molecule has 4 aromatic carbocycles. The van der Waals surface area contributed by atoms with Crippen LogP contribution in [0.15, 0.2) is 107 Å². The van der Waals surface area contributed by atoms with E-state index in [1.807, 2.05) is 36.4 Å². The van der Waals surface area contributed by atoms with Crippen LogP contribution in [0.4, 0.5) is 5.69 Å². The average Bonchev–Trinajstić information content (AvgIpc) is 1.84. The number of carbonyl (C=O) groups excluding carboxylic acids is 4. The quantitative estimate of drug-likeness (QED) is 0.0642. The number of ketones is 1. The Morgan fingerprint density at radius 1 is 0.805 bits per heavy atom. The predicted octanol–water partition coefficient (Wildman–Crippen LogP) is 7.05. The number of benzene rings is 4. The number of piperazine rings is 1. The fourth-order valence-electron chi connectivity index (χ4n) is 12.6. The lowest BCUT2D eigenvalue weighted by molar-refractivity contribution is -0.165. The van der Waals surface area contributed by atoms with Crippen LogP contribution in [0.3, 0.4) is 0 Å². The summed E-state index contributed by atoms with van der Waals surface area (Å²) in [5, 5.41) is 51.4. The predicted molar refractivity (Wildman–Crippen MR) is 310 cm³/mol. The van der Waals surface area contributed by atoms with Crippen molar-refractivity contribution in [2.24, 2.45) is 39.6 Å². The number of aliphatic hydroxyl groups excluding tert-OH is 2. The SMILES string of the molecule is CO[C@H]1/C=C/OC2(C)Oc3c(C)c(O)c4c(O)c(c5c(c4c3C2=O)=NC2(CCN(CC(C)C)CC2)N=5)NC(=O)/C(C)=C\C=C\[C@H](C)[C@H](O)[C@@H](C)[C@@H](O)[C@@H](C)[C@H](OC(=O)CC(=O)N2CCN(C(c3ccccc3)c3ccccc3)CC2)[C@@H]1C. The molecule has 82 heavy (non-hydrogen) atoms. The van der Waals surface area contributed by atoms with E-state index in [9.17, 15) is 34.8 Å². The highest BCUT2D eigenvalue weighted by Gasteiger charge is 2.50. The first-order valence-corrected chi connectivity index (χ1v) is 28.8. The molecule has 0 saturated carbocycles. The Labute approximate surface area is 479 Å². The van der Waals surface area contributed by atoms with Crippen molar-refractivity contribution < 1.29 is 58.6 Å². The number of amides is 2. The molecular formula is C64H80N6O12. The van der Waals surface area contributed by atoms with Gasteiger partial charge in [0, 0.05) is 113 Å². The van der Waals surface area contributed by atoms with E-state index in [2.05, 4.69) is 53.2 Å². The molecule has 2 amide bonds. The highest BCUT2D eigenvalue weighted by Crippen LogP contribution is 2.50. The minimum Gasteiger partial charge on any atom is -0.507 e. The monoisotopic (exact) mass is 1120 g/mol. The summed E-state index contributed by atoms with van der Waals surface area (Å²) in [7, 11) is 1.45. The number of rotatable bonds is 9. The number of likely N-dealkylation sites (tertiary alicyclic amines) is 1. The van der Waals surface area contributed by atoms with Crippen molar-refractivity contribution in [3.8, 4) is 17.2 Å². The molecule has 5 bridgehead atoms. The van der Waals surface area contributed by atoms with E-state index < -0.39 is 101 Å². The summed E-state index contributed by atoms with van der Waals surface area (Å²) < 4.78 is 24.9. The van der Waals surface area contributed by atoms with E-state index in [-0.39, 0.29) is 55.7 Å². The minimum absolute atomic E-state index is 0.00593. The van der Waals surface area contributed by atoms with Crippen LogP contribution in [0.5, 0.6) is 17.2 Å². The van der Waals surface area contributed by atoms with Gasteiger partial charge in [0.25, 0.3) is 11.7 Å². The van der Waals surface area contributed by atoms with E-state index in [1.54, 1.807) is 64.7 Å². The largest absolute Gasteiger partial charge is 0.507 e. The third kappa shape index (κ3) is 11.8. The number of carbonyl (C=O) groups is 4. The summed E-state index contributed by atoms with van der Waals surface area (Å²) >= 11 is 0. The highest BCUT2D eigenvalue weighted by atomic mass is 16.7. The smallest absolute Gasteiger partial charge is 0.315 e. The van der Waals surface area contributed by atoms with Crippen LogP contribution < -0.4 is 20.8 Å². The van der Waals surface area contributed by atoms with Gasteiger partial charge in [0.15, 0.2) is 11.4 Å². The zero-order valence-electron chi connectivity index (χ0n) is 48.8. The Morgan fingerprint density at radius 2 is 1.43 bits per heavy atom. The lowest BCUT2D eigenvalue weighted by Gasteiger charge is -2.40. The third-order valence-corrected chi connectivity index (χ3v) is 17.4. The summed E-state index contributed by atoms with van der Waals surface area (Å²) in [4.78, 5) is 74.0. The van der Waals surface area contributed by atoms with Crippen LogP contribution >= 0.6 is 0 Å². The molecule has 0 aromatic heterocycles. The van der Waals surface area contributed by atoms with Crippen LogP contribution in [0, 0.1) is 36.5 Å². The number of nitrogens with one attached hydrogen (secondary N) is 1. The first kappa shape index (κ1) is 59.7. The van der Waals surface area contributed by atoms with E-state index in [4.69, 9.17) is 28.9 Å². The number of aliphatic hydroxyl groups is 2. The second kappa shape index (κ2) is 24.5. The number of Topliss-reactive ketones (excluding diaryl/α,β-unsaturated/α-hetero) is 1. The van der Waals surface area contributed by atoms with Gasteiger partial charge in [0.1, 0.15) is 35.1 Å². The van der Waals surface area contributed by atoms with Crippen LogP contribution in [0.25, 0.3) is 10.8 Å². The van der Waals surface area contributed by atoms with Crippen LogP contribution in [0.1, 0.15) is 108 Å². The standard InChI is InChI=1S/C64H80N6O12/c1-36(2)35-68-27-25-64(26-28-68)66-51-48-49-57(75)42(8)60-50(48)61(77)63(9,82-60)80-33-24-45(79-10)39(5)59(41(7)56(74)40(6)55(73)37(3)18-17-19-38(4)62(78)65-53(58(49)76)52(51)67-64)81-47(72)34-46(71)69-29-31-70(32-30-69)54(43-20-13-11-14-21-43)44-22-15-12-16-23-44/h11-24,33,36-37,39-41,45,54-56,59,73-76H,25-32,34-35H2,1-10H3,(H,65,78)/b18-17+,33-24+,38-19-/t37-,39+,40+,41+,45-,55-,56+,59+,63?/m0/s1. The molecule has 6 aliphatic heterocycles. The molecule has 2 saturated heterocycles. The first-order chi connectivity index (χ1) is 39.1.